The van der Waals surface area contributed by atoms with Crippen LogP contribution in [0, 0.1) is 5.82 Å². The minimum atomic E-state index is -1.38. The molecule has 2 nitrogen and oxygen atoms in total. The number of benzene rings is 1. The van der Waals surface area contributed by atoms with Gasteiger partial charge in [0.25, 0.3) is 0 Å². The summed E-state index contributed by atoms with van der Waals surface area (Å²) in [5.41, 5.74) is -1.40. The summed E-state index contributed by atoms with van der Waals surface area (Å²) in [4.78, 5) is 12.2. The van der Waals surface area contributed by atoms with E-state index in [1.807, 2.05) is 0 Å². The molecule has 1 fully saturated rings. The number of carbonyl (C=O) groups is 1. The maximum Gasteiger partial charge on any atom is 0.197 e. The molecule has 0 spiro atoms. The molecule has 92 valence electrons. The fraction of sp³-hybridized carbons (Fsp3) is 0.462. The minimum absolute atomic E-state index is 0.0243. The Hall–Kier alpha value is -0.740. The minimum Gasteiger partial charge on any atom is -0.382 e. The van der Waals surface area contributed by atoms with Crippen molar-refractivity contribution in [3.63, 3.8) is 0 Å². The average Bonchev–Trinajstić information content (AvgIpc) is 2.32. The number of rotatable bonds is 2. The fourth-order valence-corrected chi connectivity index (χ4v) is 2.65. The Morgan fingerprint density at radius 2 is 1.94 bits per heavy atom. The summed E-state index contributed by atoms with van der Waals surface area (Å²) in [5.74, 6) is -1.06. The predicted molar refractivity (Wildman–Crippen MR) is 66.5 cm³/mol. The van der Waals surface area contributed by atoms with Crippen molar-refractivity contribution < 1.29 is 14.3 Å². The third-order valence-corrected chi connectivity index (χ3v) is 3.77. The van der Waals surface area contributed by atoms with Crippen LogP contribution in [0.2, 0.25) is 0 Å². The maximum absolute atomic E-state index is 13.6. The molecule has 1 aliphatic rings. The van der Waals surface area contributed by atoms with Gasteiger partial charge >= 0.3 is 0 Å². The van der Waals surface area contributed by atoms with Crippen molar-refractivity contribution in [1.82, 2.24) is 0 Å². The molecule has 0 heterocycles. The molecule has 1 aromatic carbocycles. The van der Waals surface area contributed by atoms with Gasteiger partial charge in [0.2, 0.25) is 0 Å². The van der Waals surface area contributed by atoms with Crippen molar-refractivity contribution in [2.24, 2.45) is 0 Å². The standard InChI is InChI=1S/C13H14BrFO2/c14-9-4-5-11(15)10(8-9)12(16)13(17)6-2-1-3-7-13/h4-5,8,17H,1-3,6-7H2. The first-order valence-corrected chi connectivity index (χ1v) is 6.54. The molecule has 1 N–H and O–H groups in total. The summed E-state index contributed by atoms with van der Waals surface area (Å²) in [6.45, 7) is 0. The van der Waals surface area contributed by atoms with E-state index < -0.39 is 17.2 Å². The van der Waals surface area contributed by atoms with Gasteiger partial charge in [0, 0.05) is 4.47 Å². The third kappa shape index (κ3) is 2.58. The van der Waals surface area contributed by atoms with Gasteiger partial charge in [-0.3, -0.25) is 4.79 Å². The average molecular weight is 301 g/mol. The van der Waals surface area contributed by atoms with Crippen molar-refractivity contribution in [1.29, 1.82) is 0 Å². The highest BCUT2D eigenvalue weighted by molar-refractivity contribution is 9.10. The zero-order valence-corrected chi connectivity index (χ0v) is 11.0. The fourth-order valence-electron chi connectivity index (χ4n) is 2.29. The molecule has 0 aliphatic heterocycles. The zero-order valence-electron chi connectivity index (χ0n) is 9.38. The van der Waals surface area contributed by atoms with E-state index in [1.54, 1.807) is 0 Å². The van der Waals surface area contributed by atoms with Gasteiger partial charge in [-0.1, -0.05) is 35.2 Å². The van der Waals surface area contributed by atoms with E-state index in [2.05, 4.69) is 15.9 Å². The first-order valence-electron chi connectivity index (χ1n) is 5.75. The summed E-state index contributed by atoms with van der Waals surface area (Å²) in [7, 11) is 0. The van der Waals surface area contributed by atoms with Crippen molar-refractivity contribution >= 4 is 21.7 Å². The first-order chi connectivity index (χ1) is 8.03. The van der Waals surface area contributed by atoms with E-state index in [0.29, 0.717) is 17.3 Å². The zero-order chi connectivity index (χ0) is 12.5. The van der Waals surface area contributed by atoms with E-state index in [0.717, 1.165) is 19.3 Å². The van der Waals surface area contributed by atoms with Crippen LogP contribution < -0.4 is 0 Å². The largest absolute Gasteiger partial charge is 0.382 e. The van der Waals surface area contributed by atoms with Gasteiger partial charge in [0.15, 0.2) is 5.78 Å². The lowest BCUT2D eigenvalue weighted by Crippen LogP contribution is -2.40. The highest BCUT2D eigenvalue weighted by atomic mass is 79.9. The van der Waals surface area contributed by atoms with E-state index in [-0.39, 0.29) is 5.56 Å². The van der Waals surface area contributed by atoms with Crippen LogP contribution in [-0.4, -0.2) is 16.5 Å². The number of carbonyl (C=O) groups excluding carboxylic acids is 1. The summed E-state index contributed by atoms with van der Waals surface area (Å²) in [5, 5.41) is 10.3. The maximum atomic E-state index is 13.6. The molecule has 0 amide bonds. The number of halogens is 2. The lowest BCUT2D eigenvalue weighted by molar-refractivity contribution is 0.0112. The van der Waals surface area contributed by atoms with Crippen molar-refractivity contribution in [3.05, 3.63) is 34.1 Å². The van der Waals surface area contributed by atoms with Crippen LogP contribution in [0.5, 0.6) is 0 Å². The normalized spacial score (nSPS) is 19.0. The second kappa shape index (κ2) is 4.86. The Labute approximate surface area is 108 Å². The highest BCUT2D eigenvalue weighted by Crippen LogP contribution is 2.32. The van der Waals surface area contributed by atoms with Crippen LogP contribution in [0.15, 0.2) is 22.7 Å². The molecule has 0 saturated heterocycles. The summed E-state index contributed by atoms with van der Waals surface area (Å²) in [6.07, 6.45) is 3.52. The van der Waals surface area contributed by atoms with Gasteiger partial charge in [-0.05, 0) is 31.0 Å². The van der Waals surface area contributed by atoms with E-state index in [1.165, 1.54) is 18.2 Å². The third-order valence-electron chi connectivity index (χ3n) is 3.28. The van der Waals surface area contributed by atoms with E-state index >= 15 is 0 Å². The van der Waals surface area contributed by atoms with Crippen LogP contribution in [-0.2, 0) is 0 Å². The molecule has 2 rings (SSSR count). The molecule has 1 aliphatic carbocycles. The molecule has 0 aromatic heterocycles. The molecular formula is C13H14BrFO2. The summed E-state index contributed by atoms with van der Waals surface area (Å²) in [6, 6.07) is 4.21. The Morgan fingerprint density at radius 3 is 2.59 bits per heavy atom. The van der Waals surface area contributed by atoms with Gasteiger partial charge in [0.05, 0.1) is 5.56 Å². The van der Waals surface area contributed by atoms with Crippen LogP contribution in [0.25, 0.3) is 0 Å². The topological polar surface area (TPSA) is 37.3 Å². The summed E-state index contributed by atoms with van der Waals surface area (Å²) >= 11 is 3.21. The Balaban J connectivity index is 2.32. The Kier molecular flexibility index (Phi) is 3.64. The molecule has 0 atom stereocenters. The first kappa shape index (κ1) is 12.7. The molecular weight excluding hydrogens is 287 g/mol. The molecule has 4 heteroatoms. The lowest BCUT2D eigenvalue weighted by Gasteiger charge is -2.30. The molecule has 0 unspecified atom stereocenters. The number of hydrogen-bond acceptors (Lipinski definition) is 2. The smallest absolute Gasteiger partial charge is 0.197 e. The van der Waals surface area contributed by atoms with Crippen molar-refractivity contribution in [2.45, 2.75) is 37.7 Å². The number of ketones is 1. The van der Waals surface area contributed by atoms with Gasteiger partial charge in [0.1, 0.15) is 11.4 Å². The molecule has 0 radical (unpaired) electrons. The van der Waals surface area contributed by atoms with Crippen molar-refractivity contribution in [3.8, 4) is 0 Å². The van der Waals surface area contributed by atoms with Gasteiger partial charge < -0.3 is 5.11 Å². The monoisotopic (exact) mass is 300 g/mol. The SMILES string of the molecule is O=C(c1cc(Br)ccc1F)C1(O)CCCCC1. The van der Waals surface area contributed by atoms with E-state index in [9.17, 15) is 14.3 Å². The van der Waals surface area contributed by atoms with Gasteiger partial charge in [-0.2, -0.15) is 0 Å². The quantitative estimate of drug-likeness (QED) is 0.849. The Morgan fingerprint density at radius 1 is 1.29 bits per heavy atom. The van der Waals surface area contributed by atoms with E-state index in [4.69, 9.17) is 0 Å². The van der Waals surface area contributed by atoms with Gasteiger partial charge in [-0.15, -0.1) is 0 Å². The summed E-state index contributed by atoms with van der Waals surface area (Å²) < 4.78 is 14.2. The van der Waals surface area contributed by atoms with Crippen LogP contribution in [0.1, 0.15) is 42.5 Å². The molecule has 1 aromatic rings. The molecule has 0 bridgehead atoms. The second-order valence-electron chi connectivity index (χ2n) is 4.55. The predicted octanol–water partition coefficient (Wildman–Crippen LogP) is 3.47. The number of Topliss-reactive ketones (excluding diaryl/α,β-unsaturated/α-hetero) is 1. The number of hydrogen-bond donors (Lipinski definition) is 1. The van der Waals surface area contributed by atoms with Crippen LogP contribution in [0.4, 0.5) is 4.39 Å². The lowest BCUT2D eigenvalue weighted by atomic mass is 9.79. The van der Waals surface area contributed by atoms with Gasteiger partial charge in [-0.25, -0.2) is 4.39 Å². The number of aliphatic hydroxyl groups is 1. The van der Waals surface area contributed by atoms with Crippen molar-refractivity contribution in [2.75, 3.05) is 0 Å². The Bertz CT molecular complexity index is 439. The second-order valence-corrected chi connectivity index (χ2v) is 5.46. The highest BCUT2D eigenvalue weighted by Gasteiger charge is 2.38. The van der Waals surface area contributed by atoms with Crippen LogP contribution in [0.3, 0.4) is 0 Å². The van der Waals surface area contributed by atoms with Crippen LogP contribution >= 0.6 is 15.9 Å². The molecule has 17 heavy (non-hydrogen) atoms. The molecule has 1 saturated carbocycles.